The Morgan fingerprint density at radius 2 is 0.812 bits per heavy atom. The number of unbranched alkanes of at least 4 members (excludes halogenated alkanes) is 2. The van der Waals surface area contributed by atoms with Gasteiger partial charge in [-0.15, -0.1) is 0 Å². The lowest BCUT2D eigenvalue weighted by Gasteiger charge is -2.32. The van der Waals surface area contributed by atoms with Crippen molar-refractivity contribution in [1.82, 2.24) is 49.3 Å². The van der Waals surface area contributed by atoms with Crippen molar-refractivity contribution < 1.29 is 49.2 Å². The number of anilines is 1. The molecule has 5 rings (SSSR count). The third-order valence-corrected chi connectivity index (χ3v) is 13.3. The molecule has 0 unspecified atom stereocenters. The summed E-state index contributed by atoms with van der Waals surface area (Å²) in [6, 6.07) is 12.2. The monoisotopic (exact) mass is 1110 g/mol. The van der Waals surface area contributed by atoms with E-state index in [1.54, 1.807) is 12.1 Å². The number of nitrogens with zero attached hydrogens (tertiary/aromatic N) is 6. The molecule has 5 aromatic rings. The smallest absolute Gasteiger partial charge is 0.293 e. The summed E-state index contributed by atoms with van der Waals surface area (Å²) < 4.78 is 4.44. The summed E-state index contributed by atoms with van der Waals surface area (Å²) in [6.45, 7) is 2.86. The number of carbonyl (C=O) groups is 6. The van der Waals surface area contributed by atoms with Gasteiger partial charge in [-0.2, -0.15) is 0 Å². The van der Waals surface area contributed by atoms with Gasteiger partial charge in [0.05, 0.1) is 22.3 Å². The number of aryl methyl sites for hydroxylation is 4. The van der Waals surface area contributed by atoms with Gasteiger partial charge in [0.25, 0.3) is 45.9 Å². The van der Waals surface area contributed by atoms with Crippen LogP contribution in [0.15, 0.2) is 92.5 Å². The number of ketones is 1. The maximum atomic E-state index is 13.3. The Morgan fingerprint density at radius 3 is 1.14 bits per heavy atom. The first-order valence-electron chi connectivity index (χ1n) is 26.1. The van der Waals surface area contributed by atoms with Crippen LogP contribution in [-0.4, -0.2) is 149 Å². The molecular formula is C55H71N11O14. The molecule has 4 heterocycles. The molecule has 0 aliphatic heterocycles. The molecule has 0 fully saturated rings. The van der Waals surface area contributed by atoms with Gasteiger partial charge in [-0.05, 0) is 60.7 Å². The predicted molar refractivity (Wildman–Crippen MR) is 296 cm³/mol. The van der Waals surface area contributed by atoms with Crippen LogP contribution in [0, 0.1) is 5.92 Å². The zero-order valence-corrected chi connectivity index (χ0v) is 45.6. The summed E-state index contributed by atoms with van der Waals surface area (Å²) in [5.41, 5.74) is -2.84. The minimum atomic E-state index is -0.781. The van der Waals surface area contributed by atoms with Crippen molar-refractivity contribution >= 4 is 41.0 Å². The highest BCUT2D eigenvalue weighted by Gasteiger charge is 2.24. The van der Waals surface area contributed by atoms with Crippen LogP contribution in [0.2, 0.25) is 0 Å². The van der Waals surface area contributed by atoms with Crippen molar-refractivity contribution in [2.45, 2.75) is 51.9 Å². The van der Waals surface area contributed by atoms with Gasteiger partial charge in [-0.3, -0.25) is 57.7 Å². The van der Waals surface area contributed by atoms with Crippen LogP contribution in [0.25, 0.3) is 0 Å². The molecule has 1 aromatic carbocycles. The molecule has 80 heavy (non-hydrogen) atoms. The Morgan fingerprint density at radius 1 is 0.475 bits per heavy atom. The van der Waals surface area contributed by atoms with Gasteiger partial charge in [0.15, 0.2) is 23.0 Å². The van der Waals surface area contributed by atoms with Gasteiger partial charge >= 0.3 is 0 Å². The second-order valence-corrected chi connectivity index (χ2v) is 19.4. The molecule has 0 bridgehead atoms. The molecule has 25 heteroatoms. The summed E-state index contributed by atoms with van der Waals surface area (Å²) in [6.07, 6.45) is 8.91. The third kappa shape index (κ3) is 17.6. The molecule has 430 valence electrons. The van der Waals surface area contributed by atoms with E-state index in [9.17, 15) is 68.4 Å². The van der Waals surface area contributed by atoms with E-state index in [1.807, 2.05) is 28.9 Å². The number of aromatic nitrogens is 4. The van der Waals surface area contributed by atoms with Crippen molar-refractivity contribution in [3.8, 4) is 23.0 Å². The van der Waals surface area contributed by atoms with Crippen LogP contribution >= 0.6 is 0 Å². The largest absolute Gasteiger partial charge is 0.502 e. The predicted octanol–water partition coefficient (Wildman–Crippen LogP) is 0.655. The van der Waals surface area contributed by atoms with Crippen molar-refractivity contribution in [2.24, 2.45) is 34.1 Å². The number of rotatable bonds is 30. The number of nitrogens with one attached hydrogen (secondary N) is 5. The topological polar surface area (TPSA) is 338 Å². The maximum Gasteiger partial charge on any atom is 0.293 e. The Labute approximate surface area is 460 Å². The maximum absolute atomic E-state index is 13.3. The van der Waals surface area contributed by atoms with Crippen LogP contribution in [0.4, 0.5) is 5.69 Å². The Balaban J connectivity index is 1.44. The lowest BCUT2D eigenvalue weighted by atomic mass is 9.97. The third-order valence-electron chi connectivity index (χ3n) is 13.3. The molecule has 5 amide bonds. The van der Waals surface area contributed by atoms with Crippen LogP contribution in [-0.2, 0) is 44.2 Å². The lowest BCUT2D eigenvalue weighted by molar-refractivity contribution is -0.123. The molecule has 0 atom stereocenters. The number of hydrogen-bond acceptors (Lipinski definition) is 16. The zero-order valence-electron chi connectivity index (χ0n) is 45.6. The van der Waals surface area contributed by atoms with Crippen LogP contribution in [0.1, 0.15) is 92.4 Å². The van der Waals surface area contributed by atoms with E-state index in [0.29, 0.717) is 18.5 Å². The quantitative estimate of drug-likeness (QED) is 0.0285. The highest BCUT2D eigenvalue weighted by Crippen LogP contribution is 2.19. The number of Topliss-reactive ketones (excluding diaryl/α,β-unsaturated/α-hetero) is 1. The molecule has 25 nitrogen and oxygen atoms in total. The Hall–Kier alpha value is -8.84. The molecule has 9 N–H and O–H groups in total. The fourth-order valence-corrected chi connectivity index (χ4v) is 8.62. The number of carbonyl (C=O) groups excluding carboxylic acids is 6. The summed E-state index contributed by atoms with van der Waals surface area (Å²) in [5, 5.41) is 55.8. The second-order valence-electron chi connectivity index (χ2n) is 19.4. The van der Waals surface area contributed by atoms with E-state index in [2.05, 4.69) is 26.6 Å². The SMILES string of the molecule is CCCCCC(=O)CCC(=O)Nc1ccc(CC(CN(CCNC(=O)c2ccn(C)c(=O)c2O)CCNC(=O)c2ccn(C)c(=O)c2O)CN(CCNC(=O)c2ccn(C)c(=O)c2O)CCNC(=O)c2ccn(C)c(=O)c2O)cc1. The standard InChI is InChI=1S/C55H71N11O14/c1-6-7-8-9-38(67)14-15-43(68)60-37-12-10-35(11-13-37)32-36(33-65(28-20-56-48(73)39-16-24-61(2)52(77)44(39)69)29-21-57-49(74)40-17-25-62(3)53(78)45(40)70)34-66(30-22-58-50(75)41-18-26-63(4)54(79)46(41)71)31-23-59-51(76)42-19-27-64(5)55(80)47(42)72/h10-13,16-19,24-27,36,69-72H,6-9,14-15,20-23,28-34H2,1-5H3,(H,56,73)(H,57,74)(H,58,75)(H,59,76)(H,60,68). The highest BCUT2D eigenvalue weighted by molar-refractivity contribution is 5.98. The Kier molecular flexibility index (Phi) is 23.1. The number of pyridine rings is 4. The molecule has 0 saturated heterocycles. The van der Waals surface area contributed by atoms with Gasteiger partial charge in [0.2, 0.25) is 5.91 Å². The normalized spacial score (nSPS) is 11.2. The molecule has 0 aliphatic rings. The van der Waals surface area contributed by atoms with Crippen molar-refractivity contribution in [1.29, 1.82) is 0 Å². The molecule has 0 radical (unpaired) electrons. The number of hydrogen-bond donors (Lipinski definition) is 9. The highest BCUT2D eigenvalue weighted by atomic mass is 16.3. The van der Waals surface area contributed by atoms with Crippen molar-refractivity contribution in [3.05, 3.63) is 143 Å². The Bertz CT molecular complexity index is 2940. The molecule has 0 saturated carbocycles. The minimum Gasteiger partial charge on any atom is -0.502 e. The average molecular weight is 1110 g/mol. The lowest BCUT2D eigenvalue weighted by Crippen LogP contribution is -2.46. The van der Waals surface area contributed by atoms with Gasteiger partial charge < -0.3 is 65.3 Å². The summed E-state index contributed by atoms with van der Waals surface area (Å²) in [4.78, 5) is 132. The zero-order chi connectivity index (χ0) is 58.6. The van der Waals surface area contributed by atoms with Crippen LogP contribution in [0.3, 0.4) is 0 Å². The molecule has 0 aliphatic carbocycles. The summed E-state index contributed by atoms with van der Waals surface area (Å²) in [7, 11) is 5.66. The van der Waals surface area contributed by atoms with Crippen molar-refractivity contribution in [3.63, 3.8) is 0 Å². The summed E-state index contributed by atoms with van der Waals surface area (Å²) in [5.74, 6) is -6.60. The average Bonchev–Trinajstić information content (AvgIpc) is 3.43. The van der Waals surface area contributed by atoms with E-state index in [1.165, 1.54) is 77.2 Å². The van der Waals surface area contributed by atoms with E-state index >= 15 is 0 Å². The first kappa shape index (κ1) is 62.0. The van der Waals surface area contributed by atoms with Gasteiger partial charge in [0, 0.05) is 143 Å². The number of benzene rings is 1. The van der Waals surface area contributed by atoms with Crippen LogP contribution < -0.4 is 48.8 Å². The van der Waals surface area contributed by atoms with Crippen LogP contribution in [0.5, 0.6) is 23.0 Å². The van der Waals surface area contributed by atoms with Gasteiger partial charge in [0.1, 0.15) is 5.78 Å². The number of aromatic hydroxyl groups is 4. The molecule has 4 aromatic heterocycles. The molecular weight excluding hydrogens is 1040 g/mol. The van der Waals surface area contributed by atoms with Crippen molar-refractivity contribution in [2.75, 3.05) is 70.8 Å². The van der Waals surface area contributed by atoms with Gasteiger partial charge in [-0.25, -0.2) is 0 Å². The first-order chi connectivity index (χ1) is 38.1. The fraction of sp³-hybridized carbons (Fsp3) is 0.418. The minimum absolute atomic E-state index is 0.0166. The van der Waals surface area contributed by atoms with E-state index in [0.717, 1.165) is 43.1 Å². The van der Waals surface area contributed by atoms with E-state index < -0.39 is 68.9 Å². The fourth-order valence-electron chi connectivity index (χ4n) is 8.62. The van der Waals surface area contributed by atoms with E-state index in [-0.39, 0.29) is 118 Å². The van der Waals surface area contributed by atoms with Gasteiger partial charge in [-0.1, -0.05) is 31.9 Å². The second kappa shape index (κ2) is 29.8. The summed E-state index contributed by atoms with van der Waals surface area (Å²) >= 11 is 0. The van der Waals surface area contributed by atoms with E-state index in [4.69, 9.17) is 0 Å². The first-order valence-corrected chi connectivity index (χ1v) is 26.1. The molecule has 0 spiro atoms. The number of amides is 5.